The van der Waals surface area contributed by atoms with Gasteiger partial charge in [-0.2, -0.15) is 0 Å². The third kappa shape index (κ3) is 2.91. The summed E-state index contributed by atoms with van der Waals surface area (Å²) in [7, 11) is 0. The van der Waals surface area contributed by atoms with E-state index in [9.17, 15) is 18.3 Å². The molecular weight excluding hydrogens is 233 g/mol. The third-order valence-electron chi connectivity index (χ3n) is 3.11. The van der Waals surface area contributed by atoms with Gasteiger partial charge >= 0.3 is 6.36 Å². The molecule has 1 saturated carbocycles. The molecule has 1 unspecified atom stereocenters. The molecule has 1 atom stereocenters. The molecule has 1 fully saturated rings. The summed E-state index contributed by atoms with van der Waals surface area (Å²) >= 11 is 0. The van der Waals surface area contributed by atoms with Crippen LogP contribution < -0.4 is 4.74 Å². The molecule has 1 aromatic carbocycles. The number of aliphatic hydroxyl groups excluding tert-OH is 1. The van der Waals surface area contributed by atoms with Gasteiger partial charge in [0.05, 0.1) is 6.10 Å². The van der Waals surface area contributed by atoms with Crippen molar-refractivity contribution in [3.05, 3.63) is 29.8 Å². The van der Waals surface area contributed by atoms with E-state index in [4.69, 9.17) is 0 Å². The zero-order valence-electron chi connectivity index (χ0n) is 9.29. The highest BCUT2D eigenvalue weighted by atomic mass is 19.4. The molecule has 0 bridgehead atoms. The van der Waals surface area contributed by atoms with E-state index in [1.165, 1.54) is 18.2 Å². The first-order valence-electron chi connectivity index (χ1n) is 5.34. The van der Waals surface area contributed by atoms with E-state index in [1.807, 2.05) is 6.92 Å². The molecule has 1 N–H and O–H groups in total. The summed E-state index contributed by atoms with van der Waals surface area (Å²) in [5, 5.41) is 10.0. The second-order valence-electron chi connectivity index (χ2n) is 4.68. The number of hydrogen-bond donors (Lipinski definition) is 1. The van der Waals surface area contributed by atoms with Crippen LogP contribution in [-0.2, 0) is 0 Å². The molecule has 2 rings (SSSR count). The molecule has 0 aromatic heterocycles. The number of rotatable bonds is 3. The van der Waals surface area contributed by atoms with Gasteiger partial charge in [0.1, 0.15) is 5.75 Å². The molecule has 94 valence electrons. The molecule has 0 heterocycles. The number of alkyl halides is 3. The fourth-order valence-electron chi connectivity index (χ4n) is 1.75. The van der Waals surface area contributed by atoms with E-state index in [0.717, 1.165) is 12.8 Å². The summed E-state index contributed by atoms with van der Waals surface area (Å²) in [6, 6.07) is 5.52. The van der Waals surface area contributed by atoms with Crippen LogP contribution in [0.1, 0.15) is 31.4 Å². The minimum atomic E-state index is -4.70. The van der Waals surface area contributed by atoms with Gasteiger partial charge in [-0.25, -0.2) is 0 Å². The van der Waals surface area contributed by atoms with Crippen LogP contribution in [0, 0.1) is 5.41 Å². The number of hydrogen-bond acceptors (Lipinski definition) is 2. The van der Waals surface area contributed by atoms with Crippen molar-refractivity contribution in [2.45, 2.75) is 32.2 Å². The van der Waals surface area contributed by atoms with Crippen LogP contribution in [0.25, 0.3) is 0 Å². The zero-order valence-corrected chi connectivity index (χ0v) is 9.29. The molecule has 0 radical (unpaired) electrons. The van der Waals surface area contributed by atoms with Crippen molar-refractivity contribution >= 4 is 0 Å². The van der Waals surface area contributed by atoms with Crippen LogP contribution in [0.4, 0.5) is 13.2 Å². The van der Waals surface area contributed by atoms with Gasteiger partial charge in [-0.1, -0.05) is 19.1 Å². The predicted molar refractivity (Wildman–Crippen MR) is 55.4 cm³/mol. The lowest BCUT2D eigenvalue weighted by atomic mass is 9.95. The van der Waals surface area contributed by atoms with E-state index in [0.29, 0.717) is 5.56 Å². The molecule has 0 amide bonds. The Morgan fingerprint density at radius 1 is 1.35 bits per heavy atom. The fraction of sp³-hybridized carbons (Fsp3) is 0.500. The lowest BCUT2D eigenvalue weighted by Crippen LogP contribution is -2.17. The van der Waals surface area contributed by atoms with Crippen LogP contribution in [0.3, 0.4) is 0 Å². The molecule has 1 aliphatic carbocycles. The molecule has 0 saturated heterocycles. The Morgan fingerprint density at radius 2 is 2.00 bits per heavy atom. The average Bonchev–Trinajstić information content (AvgIpc) is 2.94. The standard InChI is InChI=1S/C12H13F3O2/c1-11(5-6-11)10(16)8-3-2-4-9(7-8)17-12(13,14)15/h2-4,7,10,16H,5-6H2,1H3. The largest absolute Gasteiger partial charge is 0.573 e. The predicted octanol–water partition coefficient (Wildman–Crippen LogP) is 3.42. The molecular formula is C12H13F3O2. The normalized spacial score (nSPS) is 19.8. The molecule has 5 heteroatoms. The van der Waals surface area contributed by atoms with Crippen molar-refractivity contribution in [1.29, 1.82) is 0 Å². The summed E-state index contributed by atoms with van der Waals surface area (Å²) in [5.41, 5.74) is 0.267. The van der Waals surface area contributed by atoms with Crippen LogP contribution in [-0.4, -0.2) is 11.5 Å². The van der Waals surface area contributed by atoms with Crippen molar-refractivity contribution in [1.82, 2.24) is 0 Å². The quantitative estimate of drug-likeness (QED) is 0.885. The Morgan fingerprint density at radius 3 is 2.53 bits per heavy atom. The van der Waals surface area contributed by atoms with E-state index in [-0.39, 0.29) is 11.2 Å². The highest BCUT2D eigenvalue weighted by Gasteiger charge is 2.45. The average molecular weight is 246 g/mol. The first-order chi connectivity index (χ1) is 7.80. The van der Waals surface area contributed by atoms with Crippen LogP contribution in [0.5, 0.6) is 5.75 Å². The lowest BCUT2D eigenvalue weighted by molar-refractivity contribution is -0.274. The zero-order chi connectivity index (χ0) is 12.7. The van der Waals surface area contributed by atoms with Crippen molar-refractivity contribution in [2.24, 2.45) is 5.41 Å². The first-order valence-corrected chi connectivity index (χ1v) is 5.34. The molecule has 2 nitrogen and oxygen atoms in total. The van der Waals surface area contributed by atoms with Gasteiger partial charge < -0.3 is 9.84 Å². The minimum absolute atomic E-state index is 0.198. The second kappa shape index (κ2) is 3.91. The maximum atomic E-state index is 12.0. The number of halogens is 3. The van der Waals surface area contributed by atoms with E-state index in [1.54, 1.807) is 6.07 Å². The highest BCUT2D eigenvalue weighted by molar-refractivity contribution is 5.31. The topological polar surface area (TPSA) is 29.5 Å². The van der Waals surface area contributed by atoms with E-state index >= 15 is 0 Å². The smallest absolute Gasteiger partial charge is 0.406 e. The van der Waals surface area contributed by atoms with Gasteiger partial charge in [0.25, 0.3) is 0 Å². The van der Waals surface area contributed by atoms with Crippen molar-refractivity contribution in [3.8, 4) is 5.75 Å². The fourth-order valence-corrected chi connectivity index (χ4v) is 1.75. The van der Waals surface area contributed by atoms with Gasteiger partial charge in [0, 0.05) is 0 Å². The van der Waals surface area contributed by atoms with E-state index in [2.05, 4.69) is 4.74 Å². The van der Waals surface area contributed by atoms with Gasteiger partial charge in [0.2, 0.25) is 0 Å². The SMILES string of the molecule is CC1(C(O)c2cccc(OC(F)(F)F)c2)CC1. The van der Waals surface area contributed by atoms with Gasteiger partial charge in [-0.3, -0.25) is 0 Å². The number of aliphatic hydroxyl groups is 1. The second-order valence-corrected chi connectivity index (χ2v) is 4.68. The summed E-state index contributed by atoms with van der Waals surface area (Å²) in [5.74, 6) is -0.293. The van der Waals surface area contributed by atoms with Crippen molar-refractivity contribution in [2.75, 3.05) is 0 Å². The Hall–Kier alpha value is -1.23. The monoisotopic (exact) mass is 246 g/mol. The molecule has 0 spiro atoms. The Bertz CT molecular complexity index is 410. The Labute approximate surface area is 97.0 Å². The summed E-state index contributed by atoms with van der Waals surface area (Å²) in [4.78, 5) is 0. The highest BCUT2D eigenvalue weighted by Crippen LogP contribution is 2.54. The summed E-state index contributed by atoms with van der Waals surface area (Å²) < 4.78 is 39.9. The number of benzene rings is 1. The van der Waals surface area contributed by atoms with Crippen LogP contribution in [0.15, 0.2) is 24.3 Å². The van der Waals surface area contributed by atoms with Gasteiger partial charge in [-0.05, 0) is 36.0 Å². The molecule has 0 aliphatic heterocycles. The minimum Gasteiger partial charge on any atom is -0.406 e. The molecule has 1 aromatic rings. The van der Waals surface area contributed by atoms with Crippen molar-refractivity contribution in [3.63, 3.8) is 0 Å². The Balaban J connectivity index is 2.17. The lowest BCUT2D eigenvalue weighted by Gasteiger charge is -2.18. The maximum absolute atomic E-state index is 12.0. The van der Waals surface area contributed by atoms with Gasteiger partial charge in [0.15, 0.2) is 0 Å². The summed E-state index contributed by atoms with van der Waals surface area (Å²) in [6.07, 6.45) is -3.66. The Kier molecular flexibility index (Phi) is 2.81. The molecule has 17 heavy (non-hydrogen) atoms. The summed E-state index contributed by atoms with van der Waals surface area (Å²) in [6.45, 7) is 1.91. The van der Waals surface area contributed by atoms with Crippen LogP contribution >= 0.6 is 0 Å². The van der Waals surface area contributed by atoms with Crippen molar-refractivity contribution < 1.29 is 23.0 Å². The van der Waals surface area contributed by atoms with Gasteiger partial charge in [-0.15, -0.1) is 13.2 Å². The third-order valence-corrected chi connectivity index (χ3v) is 3.11. The van der Waals surface area contributed by atoms with Crippen LogP contribution in [0.2, 0.25) is 0 Å². The van der Waals surface area contributed by atoms with E-state index < -0.39 is 12.5 Å². The first kappa shape index (κ1) is 12.2. The molecule has 1 aliphatic rings. The number of ether oxygens (including phenoxy) is 1. The maximum Gasteiger partial charge on any atom is 0.573 e.